The van der Waals surface area contributed by atoms with Gasteiger partial charge in [0.25, 0.3) is 5.91 Å². The molecule has 0 saturated carbocycles. The highest BCUT2D eigenvalue weighted by Crippen LogP contribution is 2.32. The number of carbonyl (C=O) groups is 2. The first-order valence-electron chi connectivity index (χ1n) is 11.1. The molecule has 170 valence electrons. The molecule has 0 aliphatic carbocycles. The number of ether oxygens (including phenoxy) is 1. The molecule has 0 saturated heterocycles. The number of nitrogens with zero attached hydrogens (tertiary/aromatic N) is 1. The summed E-state index contributed by atoms with van der Waals surface area (Å²) in [6, 6.07) is 21.0. The van der Waals surface area contributed by atoms with Crippen molar-refractivity contribution in [2.45, 2.75) is 38.8 Å². The molecule has 3 aromatic rings. The summed E-state index contributed by atoms with van der Waals surface area (Å²) in [6.45, 7) is 4.15. The maximum Gasteiger partial charge on any atom is 0.261 e. The molecule has 0 bridgehead atoms. The largest absolute Gasteiger partial charge is 0.483 e. The number of anilines is 1. The molecule has 0 radical (unpaired) electrons. The van der Waals surface area contributed by atoms with Crippen molar-refractivity contribution in [3.63, 3.8) is 0 Å². The summed E-state index contributed by atoms with van der Waals surface area (Å²) in [6.07, 6.45) is 0.682. The Kier molecular flexibility index (Phi) is 6.73. The van der Waals surface area contributed by atoms with Gasteiger partial charge in [-0.05, 0) is 54.8 Å². The van der Waals surface area contributed by atoms with Crippen LogP contribution in [-0.2, 0) is 16.1 Å². The standard InChI is InChI=1S/C27H27FN2O3/c1-3-24(20-7-5-4-6-8-20)27(32)29-23-13-14-25-21(15-23)16-30(26(31)17-33-25)18(2)19-9-11-22(28)12-10-19/h4-15,18,24H,3,16-17H2,1-2H3,(H,29,32)/t18-,24-/m1/s1. The molecular formula is C27H27FN2O3. The third-order valence-corrected chi connectivity index (χ3v) is 6.09. The van der Waals surface area contributed by atoms with Crippen molar-refractivity contribution in [2.24, 2.45) is 0 Å². The molecule has 2 amide bonds. The van der Waals surface area contributed by atoms with Crippen LogP contribution in [-0.4, -0.2) is 23.3 Å². The summed E-state index contributed by atoms with van der Waals surface area (Å²) in [4.78, 5) is 27.5. The molecule has 0 spiro atoms. The summed E-state index contributed by atoms with van der Waals surface area (Å²) >= 11 is 0. The van der Waals surface area contributed by atoms with Gasteiger partial charge in [-0.25, -0.2) is 4.39 Å². The van der Waals surface area contributed by atoms with Crippen LogP contribution >= 0.6 is 0 Å². The molecule has 1 heterocycles. The summed E-state index contributed by atoms with van der Waals surface area (Å²) in [5.41, 5.74) is 3.27. The van der Waals surface area contributed by atoms with E-state index in [0.717, 1.165) is 16.7 Å². The fraction of sp³-hybridized carbons (Fsp3) is 0.259. The number of fused-ring (bicyclic) bond motifs is 1. The highest BCUT2D eigenvalue weighted by Gasteiger charge is 2.27. The molecule has 0 fully saturated rings. The fourth-order valence-corrected chi connectivity index (χ4v) is 4.18. The number of carbonyl (C=O) groups excluding carboxylic acids is 2. The van der Waals surface area contributed by atoms with Crippen molar-refractivity contribution in [2.75, 3.05) is 11.9 Å². The molecule has 1 N–H and O–H groups in total. The predicted octanol–water partition coefficient (Wildman–Crippen LogP) is 5.44. The van der Waals surface area contributed by atoms with Crippen LogP contribution < -0.4 is 10.1 Å². The first kappa shape index (κ1) is 22.5. The van der Waals surface area contributed by atoms with Gasteiger partial charge in [0.15, 0.2) is 6.61 Å². The van der Waals surface area contributed by atoms with Crippen molar-refractivity contribution in [3.05, 3.63) is 95.3 Å². The van der Waals surface area contributed by atoms with Gasteiger partial charge in [0.1, 0.15) is 11.6 Å². The van der Waals surface area contributed by atoms with E-state index < -0.39 is 0 Å². The second-order valence-electron chi connectivity index (χ2n) is 8.22. The third kappa shape index (κ3) is 5.06. The zero-order chi connectivity index (χ0) is 23.4. The van der Waals surface area contributed by atoms with E-state index in [0.29, 0.717) is 24.4 Å². The van der Waals surface area contributed by atoms with Gasteiger partial charge in [-0.15, -0.1) is 0 Å². The Labute approximate surface area is 193 Å². The number of nitrogens with one attached hydrogen (secondary N) is 1. The average Bonchev–Trinajstić information content (AvgIpc) is 2.99. The van der Waals surface area contributed by atoms with Crippen molar-refractivity contribution in [1.29, 1.82) is 0 Å². The van der Waals surface area contributed by atoms with Gasteiger partial charge in [-0.3, -0.25) is 9.59 Å². The smallest absolute Gasteiger partial charge is 0.261 e. The maximum atomic E-state index is 13.3. The van der Waals surface area contributed by atoms with Crippen molar-refractivity contribution in [3.8, 4) is 5.75 Å². The maximum absolute atomic E-state index is 13.3. The summed E-state index contributed by atoms with van der Waals surface area (Å²) in [7, 11) is 0. The molecule has 1 aliphatic rings. The Hall–Kier alpha value is -3.67. The Morgan fingerprint density at radius 1 is 1.06 bits per heavy atom. The Morgan fingerprint density at radius 2 is 1.79 bits per heavy atom. The summed E-state index contributed by atoms with van der Waals surface area (Å²) < 4.78 is 19.1. The highest BCUT2D eigenvalue weighted by molar-refractivity contribution is 5.96. The predicted molar refractivity (Wildman–Crippen MR) is 125 cm³/mol. The van der Waals surface area contributed by atoms with E-state index in [1.165, 1.54) is 12.1 Å². The topological polar surface area (TPSA) is 58.6 Å². The lowest BCUT2D eigenvalue weighted by Crippen LogP contribution is -2.34. The zero-order valence-corrected chi connectivity index (χ0v) is 18.8. The first-order valence-corrected chi connectivity index (χ1v) is 11.1. The molecular weight excluding hydrogens is 419 g/mol. The van der Waals surface area contributed by atoms with Crippen LogP contribution in [0.5, 0.6) is 5.75 Å². The van der Waals surface area contributed by atoms with E-state index in [9.17, 15) is 14.0 Å². The van der Waals surface area contributed by atoms with E-state index in [-0.39, 0.29) is 36.2 Å². The molecule has 0 aromatic heterocycles. The lowest BCUT2D eigenvalue weighted by molar-refractivity contribution is -0.135. The van der Waals surface area contributed by atoms with Gasteiger partial charge in [0.2, 0.25) is 5.91 Å². The normalized spacial score (nSPS) is 15.1. The molecule has 3 aromatic carbocycles. The molecule has 2 atom stereocenters. The van der Waals surface area contributed by atoms with Crippen molar-refractivity contribution >= 4 is 17.5 Å². The summed E-state index contributed by atoms with van der Waals surface area (Å²) in [5.74, 6) is -0.180. The quantitative estimate of drug-likeness (QED) is 0.549. The second-order valence-corrected chi connectivity index (χ2v) is 8.22. The zero-order valence-electron chi connectivity index (χ0n) is 18.8. The third-order valence-electron chi connectivity index (χ3n) is 6.09. The highest BCUT2D eigenvalue weighted by atomic mass is 19.1. The Morgan fingerprint density at radius 3 is 2.48 bits per heavy atom. The average molecular weight is 447 g/mol. The number of amides is 2. The number of halogens is 1. The molecule has 6 heteroatoms. The summed E-state index contributed by atoms with van der Waals surface area (Å²) in [5, 5.41) is 3.02. The molecule has 0 unspecified atom stereocenters. The Bertz CT molecular complexity index is 1130. The van der Waals surface area contributed by atoms with Crippen LogP contribution in [0.4, 0.5) is 10.1 Å². The molecule has 1 aliphatic heterocycles. The molecule has 5 nitrogen and oxygen atoms in total. The Balaban J connectivity index is 1.55. The van der Waals surface area contributed by atoms with Gasteiger partial charge < -0.3 is 15.0 Å². The van der Waals surface area contributed by atoms with Crippen LogP contribution in [0.25, 0.3) is 0 Å². The van der Waals surface area contributed by atoms with Crippen LogP contribution in [0.1, 0.15) is 48.9 Å². The van der Waals surface area contributed by atoms with Gasteiger partial charge in [-0.1, -0.05) is 49.4 Å². The molecule has 33 heavy (non-hydrogen) atoms. The minimum atomic E-state index is -0.317. The fourth-order valence-electron chi connectivity index (χ4n) is 4.18. The van der Waals surface area contributed by atoms with Gasteiger partial charge in [-0.2, -0.15) is 0 Å². The SMILES string of the molecule is CC[C@@H](C(=O)Nc1ccc2c(c1)CN([C@H](C)c1ccc(F)cc1)C(=O)CO2)c1ccccc1. The number of rotatable bonds is 6. The van der Waals surface area contributed by atoms with E-state index in [4.69, 9.17) is 4.74 Å². The second kappa shape index (κ2) is 9.86. The van der Waals surface area contributed by atoms with Crippen molar-refractivity contribution in [1.82, 2.24) is 4.90 Å². The minimum Gasteiger partial charge on any atom is -0.483 e. The van der Waals surface area contributed by atoms with Gasteiger partial charge in [0.05, 0.1) is 18.5 Å². The van der Waals surface area contributed by atoms with E-state index in [2.05, 4.69) is 5.32 Å². The number of hydrogen-bond donors (Lipinski definition) is 1. The number of hydrogen-bond acceptors (Lipinski definition) is 3. The van der Waals surface area contributed by atoms with Gasteiger partial charge >= 0.3 is 0 Å². The lowest BCUT2D eigenvalue weighted by Gasteiger charge is -2.28. The lowest BCUT2D eigenvalue weighted by atomic mass is 9.95. The number of benzene rings is 3. The first-order chi connectivity index (χ1) is 16.0. The van der Waals surface area contributed by atoms with Gasteiger partial charge in [0, 0.05) is 11.3 Å². The van der Waals surface area contributed by atoms with Crippen LogP contribution in [0.3, 0.4) is 0 Å². The van der Waals surface area contributed by atoms with Crippen molar-refractivity contribution < 1.29 is 18.7 Å². The van der Waals surface area contributed by atoms with Crippen LogP contribution in [0.15, 0.2) is 72.8 Å². The van der Waals surface area contributed by atoms with E-state index in [1.54, 1.807) is 29.2 Å². The van der Waals surface area contributed by atoms with Crippen LogP contribution in [0.2, 0.25) is 0 Å². The minimum absolute atomic E-state index is 0.0733. The molecule has 4 rings (SSSR count). The van der Waals surface area contributed by atoms with Crippen LogP contribution in [0, 0.1) is 5.82 Å². The monoisotopic (exact) mass is 446 g/mol. The van der Waals surface area contributed by atoms with E-state index >= 15 is 0 Å². The van der Waals surface area contributed by atoms with E-state index in [1.807, 2.05) is 50.2 Å².